The zero-order valence-corrected chi connectivity index (χ0v) is 7.05. The lowest BCUT2D eigenvalue weighted by Crippen LogP contribution is -2.38. The van der Waals surface area contributed by atoms with Gasteiger partial charge in [0.15, 0.2) is 0 Å². The smallest absolute Gasteiger partial charge is 0.314 e. The maximum Gasteiger partial charge on any atom is 0.314 e. The van der Waals surface area contributed by atoms with E-state index < -0.39 is 0 Å². The minimum absolute atomic E-state index is 0.265. The van der Waals surface area contributed by atoms with E-state index in [1.807, 2.05) is 0 Å². The van der Waals surface area contributed by atoms with Crippen LogP contribution >= 0.6 is 0 Å². The van der Waals surface area contributed by atoms with Gasteiger partial charge in [0.1, 0.15) is 0 Å². The number of nitrogens with zero attached hydrogens (tertiary/aromatic N) is 1. The van der Waals surface area contributed by atoms with Crippen molar-refractivity contribution in [1.29, 1.82) is 0 Å². The first-order valence-corrected chi connectivity index (χ1v) is 4.24. The number of primary amides is 1. The third-order valence-electron chi connectivity index (χ3n) is 2.22. The van der Waals surface area contributed by atoms with Crippen molar-refractivity contribution in [3.05, 3.63) is 0 Å². The molecule has 1 aliphatic heterocycles. The molecule has 0 aromatic heterocycles. The number of amides is 2. The molecular weight excluding hydrogens is 140 g/mol. The summed E-state index contributed by atoms with van der Waals surface area (Å²) in [6, 6.07) is -0.265. The van der Waals surface area contributed by atoms with Crippen molar-refractivity contribution in [3.63, 3.8) is 0 Å². The van der Waals surface area contributed by atoms with Crippen LogP contribution < -0.4 is 5.73 Å². The number of carbonyl (C=O) groups is 1. The molecule has 0 aromatic rings. The van der Waals surface area contributed by atoms with Crippen LogP contribution in [0.4, 0.5) is 4.79 Å². The zero-order valence-electron chi connectivity index (χ0n) is 7.05. The van der Waals surface area contributed by atoms with Gasteiger partial charge in [-0.05, 0) is 18.8 Å². The second-order valence-electron chi connectivity index (χ2n) is 3.39. The average Bonchev–Trinajstić information content (AvgIpc) is 2.13. The summed E-state index contributed by atoms with van der Waals surface area (Å²) < 4.78 is 0. The fraction of sp³-hybridized carbons (Fsp3) is 0.875. The highest BCUT2D eigenvalue weighted by Gasteiger charge is 2.16. The summed E-state index contributed by atoms with van der Waals surface area (Å²) in [6.45, 7) is 3.86. The fourth-order valence-electron chi connectivity index (χ4n) is 1.55. The highest BCUT2D eigenvalue weighted by atomic mass is 16.2. The number of nitrogens with two attached hydrogens (primary N) is 1. The van der Waals surface area contributed by atoms with Gasteiger partial charge in [-0.25, -0.2) is 4.79 Å². The third kappa shape index (κ3) is 2.41. The predicted octanol–water partition coefficient (Wildman–Crippen LogP) is 1.19. The van der Waals surface area contributed by atoms with Crippen LogP contribution in [0.1, 0.15) is 26.2 Å². The lowest BCUT2D eigenvalue weighted by Gasteiger charge is -2.19. The zero-order chi connectivity index (χ0) is 8.27. The first kappa shape index (κ1) is 8.37. The fourth-order valence-corrected chi connectivity index (χ4v) is 1.55. The van der Waals surface area contributed by atoms with Gasteiger partial charge in [0.05, 0.1) is 0 Å². The first-order chi connectivity index (χ1) is 5.20. The van der Waals surface area contributed by atoms with Crippen molar-refractivity contribution < 1.29 is 4.79 Å². The molecule has 1 unspecified atom stereocenters. The maximum atomic E-state index is 10.8. The maximum absolute atomic E-state index is 10.8. The minimum Gasteiger partial charge on any atom is -0.351 e. The summed E-state index contributed by atoms with van der Waals surface area (Å²) in [6.07, 6.45) is 3.56. The van der Waals surface area contributed by atoms with Crippen LogP contribution in [0.3, 0.4) is 0 Å². The van der Waals surface area contributed by atoms with Gasteiger partial charge in [-0.3, -0.25) is 0 Å². The molecule has 11 heavy (non-hydrogen) atoms. The van der Waals surface area contributed by atoms with Gasteiger partial charge in [0, 0.05) is 13.1 Å². The Hall–Kier alpha value is -0.730. The molecule has 2 amide bonds. The van der Waals surface area contributed by atoms with Crippen molar-refractivity contribution in [2.75, 3.05) is 13.1 Å². The second-order valence-corrected chi connectivity index (χ2v) is 3.39. The normalized spacial score (nSPS) is 26.3. The van der Waals surface area contributed by atoms with Crippen LogP contribution in [0.2, 0.25) is 0 Å². The number of carbonyl (C=O) groups excluding carboxylic acids is 1. The van der Waals surface area contributed by atoms with Gasteiger partial charge in [-0.2, -0.15) is 0 Å². The van der Waals surface area contributed by atoms with Crippen LogP contribution in [0.15, 0.2) is 0 Å². The topological polar surface area (TPSA) is 46.3 Å². The van der Waals surface area contributed by atoms with E-state index in [1.54, 1.807) is 4.90 Å². The number of likely N-dealkylation sites (tertiary alicyclic amines) is 1. The molecule has 0 bridgehead atoms. The molecule has 64 valence electrons. The Morgan fingerprint density at radius 2 is 2.27 bits per heavy atom. The van der Waals surface area contributed by atoms with Gasteiger partial charge < -0.3 is 10.6 Å². The molecule has 3 nitrogen and oxygen atoms in total. The quantitative estimate of drug-likeness (QED) is 0.562. The molecule has 3 heteroatoms. The molecule has 0 spiro atoms. The van der Waals surface area contributed by atoms with E-state index in [-0.39, 0.29) is 6.03 Å². The van der Waals surface area contributed by atoms with Crippen LogP contribution in [0, 0.1) is 5.92 Å². The number of hydrogen-bond acceptors (Lipinski definition) is 1. The van der Waals surface area contributed by atoms with E-state index in [0.29, 0.717) is 5.92 Å². The predicted molar refractivity (Wildman–Crippen MR) is 44.2 cm³/mol. The molecule has 1 atom stereocenters. The number of urea groups is 1. The van der Waals surface area contributed by atoms with Gasteiger partial charge in [-0.1, -0.05) is 13.3 Å². The van der Waals surface area contributed by atoms with Crippen LogP contribution in [-0.2, 0) is 0 Å². The van der Waals surface area contributed by atoms with Crippen molar-refractivity contribution in [2.24, 2.45) is 11.7 Å². The Morgan fingerprint density at radius 3 is 2.91 bits per heavy atom. The van der Waals surface area contributed by atoms with Gasteiger partial charge >= 0.3 is 6.03 Å². The van der Waals surface area contributed by atoms with Crippen molar-refractivity contribution >= 4 is 6.03 Å². The summed E-state index contributed by atoms with van der Waals surface area (Å²) >= 11 is 0. The second kappa shape index (κ2) is 3.60. The largest absolute Gasteiger partial charge is 0.351 e. The monoisotopic (exact) mass is 156 g/mol. The van der Waals surface area contributed by atoms with Gasteiger partial charge in [-0.15, -0.1) is 0 Å². The highest BCUT2D eigenvalue weighted by Crippen LogP contribution is 2.14. The van der Waals surface area contributed by atoms with Crippen LogP contribution in [0.25, 0.3) is 0 Å². The Kier molecular flexibility index (Phi) is 2.74. The van der Waals surface area contributed by atoms with E-state index >= 15 is 0 Å². The van der Waals surface area contributed by atoms with Gasteiger partial charge in [0.25, 0.3) is 0 Å². The van der Waals surface area contributed by atoms with E-state index in [0.717, 1.165) is 19.5 Å². The van der Waals surface area contributed by atoms with Gasteiger partial charge in [0.2, 0.25) is 0 Å². The van der Waals surface area contributed by atoms with Crippen molar-refractivity contribution in [3.8, 4) is 0 Å². The Bertz CT molecular complexity index is 147. The summed E-state index contributed by atoms with van der Waals surface area (Å²) in [5.74, 6) is 0.616. The summed E-state index contributed by atoms with van der Waals surface area (Å²) in [5.41, 5.74) is 5.19. The van der Waals surface area contributed by atoms with Crippen LogP contribution in [0.5, 0.6) is 0 Å². The summed E-state index contributed by atoms with van der Waals surface area (Å²) in [4.78, 5) is 12.5. The molecular formula is C8H16N2O. The molecule has 1 fully saturated rings. The molecule has 1 heterocycles. The van der Waals surface area contributed by atoms with E-state index in [1.165, 1.54) is 12.8 Å². The SMILES string of the molecule is CC1CCCCN(C(N)=O)C1. The summed E-state index contributed by atoms with van der Waals surface area (Å²) in [5, 5.41) is 0. The molecule has 0 radical (unpaired) electrons. The van der Waals surface area contributed by atoms with E-state index in [4.69, 9.17) is 5.73 Å². The molecule has 1 aliphatic rings. The van der Waals surface area contributed by atoms with Crippen LogP contribution in [-0.4, -0.2) is 24.0 Å². The highest BCUT2D eigenvalue weighted by molar-refractivity contribution is 5.71. The van der Waals surface area contributed by atoms with E-state index in [2.05, 4.69) is 6.92 Å². The molecule has 2 N–H and O–H groups in total. The lowest BCUT2D eigenvalue weighted by atomic mass is 10.1. The Labute approximate surface area is 67.5 Å². The van der Waals surface area contributed by atoms with E-state index in [9.17, 15) is 4.79 Å². The molecule has 0 aliphatic carbocycles. The number of rotatable bonds is 0. The molecule has 1 rings (SSSR count). The Morgan fingerprint density at radius 1 is 1.55 bits per heavy atom. The van der Waals surface area contributed by atoms with Crippen molar-refractivity contribution in [1.82, 2.24) is 4.90 Å². The minimum atomic E-state index is -0.265. The average molecular weight is 156 g/mol. The Balaban J connectivity index is 2.45. The molecule has 0 aromatic carbocycles. The third-order valence-corrected chi connectivity index (χ3v) is 2.22. The number of hydrogen-bond donors (Lipinski definition) is 1. The standard InChI is InChI=1S/C8H16N2O/c1-7-4-2-3-5-10(6-7)8(9)11/h7H,2-6H2,1H3,(H2,9,11). The molecule has 1 saturated heterocycles. The molecule has 0 saturated carbocycles. The summed E-state index contributed by atoms with van der Waals surface area (Å²) in [7, 11) is 0. The first-order valence-electron chi connectivity index (χ1n) is 4.24. The lowest BCUT2D eigenvalue weighted by molar-refractivity contribution is 0.203. The van der Waals surface area contributed by atoms with Crippen molar-refractivity contribution in [2.45, 2.75) is 26.2 Å².